The fourth-order valence-electron chi connectivity index (χ4n) is 5.02. The summed E-state index contributed by atoms with van der Waals surface area (Å²) in [5, 5.41) is 15.0. The molecule has 4 heterocycles. The number of aromatic nitrogens is 2. The van der Waals surface area contributed by atoms with E-state index in [2.05, 4.69) is 38.4 Å². The Kier molecular flexibility index (Phi) is 5.83. The molecule has 0 radical (unpaired) electrons. The van der Waals surface area contributed by atoms with E-state index in [1.807, 2.05) is 26.5 Å². The first-order chi connectivity index (χ1) is 16.2. The first-order valence-electron chi connectivity index (χ1n) is 11.9. The van der Waals surface area contributed by atoms with Crippen molar-refractivity contribution in [2.75, 3.05) is 45.3 Å². The Morgan fingerprint density at radius 1 is 1.26 bits per heavy atom. The molecule has 180 valence electrons. The van der Waals surface area contributed by atoms with Gasteiger partial charge in [-0.15, -0.1) is 0 Å². The van der Waals surface area contributed by atoms with Crippen LogP contribution in [0, 0.1) is 0 Å². The van der Waals surface area contributed by atoms with Gasteiger partial charge in [0.25, 0.3) is 5.91 Å². The molecule has 1 aromatic carbocycles. The number of pyridine rings is 1. The van der Waals surface area contributed by atoms with Crippen LogP contribution in [0.1, 0.15) is 36.6 Å². The van der Waals surface area contributed by atoms with Crippen molar-refractivity contribution in [2.45, 2.75) is 38.5 Å². The van der Waals surface area contributed by atoms with Gasteiger partial charge in [-0.25, -0.2) is 4.98 Å². The minimum Gasteiger partial charge on any atom is -0.381 e. The van der Waals surface area contributed by atoms with Crippen LogP contribution in [0.25, 0.3) is 22.2 Å². The van der Waals surface area contributed by atoms with Crippen molar-refractivity contribution in [3.63, 3.8) is 0 Å². The van der Waals surface area contributed by atoms with Crippen LogP contribution < -0.4 is 10.2 Å². The van der Waals surface area contributed by atoms with Gasteiger partial charge in [-0.05, 0) is 54.7 Å². The third-order valence-corrected chi connectivity index (χ3v) is 6.81. The van der Waals surface area contributed by atoms with Gasteiger partial charge in [-0.3, -0.25) is 4.79 Å². The summed E-state index contributed by atoms with van der Waals surface area (Å²) in [4.78, 5) is 24.6. The number of rotatable bonds is 4. The maximum absolute atomic E-state index is 12.8. The molecule has 0 unspecified atom stereocenters. The van der Waals surface area contributed by atoms with Crippen LogP contribution >= 0.6 is 0 Å². The summed E-state index contributed by atoms with van der Waals surface area (Å²) in [6.07, 6.45) is 4.65. The summed E-state index contributed by atoms with van der Waals surface area (Å²) >= 11 is 0. The second kappa shape index (κ2) is 8.69. The summed E-state index contributed by atoms with van der Waals surface area (Å²) in [5.74, 6) is -0.237. The summed E-state index contributed by atoms with van der Waals surface area (Å²) in [7, 11) is 4.06. The number of aliphatic hydroxyl groups is 1. The van der Waals surface area contributed by atoms with E-state index >= 15 is 0 Å². The topological polar surface area (TPSA) is 93.7 Å². The van der Waals surface area contributed by atoms with Gasteiger partial charge >= 0.3 is 0 Å². The van der Waals surface area contributed by atoms with Crippen LogP contribution in [0.5, 0.6) is 0 Å². The van der Waals surface area contributed by atoms with Crippen LogP contribution in [0.3, 0.4) is 0 Å². The number of hydrogen-bond donors (Lipinski definition) is 3. The Hall–Kier alpha value is -2.94. The number of anilines is 1. The van der Waals surface area contributed by atoms with Gasteiger partial charge in [0.1, 0.15) is 11.2 Å². The van der Waals surface area contributed by atoms with Gasteiger partial charge in [0.05, 0.1) is 24.9 Å². The lowest BCUT2D eigenvalue weighted by Crippen LogP contribution is -2.47. The zero-order valence-electron chi connectivity index (χ0n) is 20.3. The summed E-state index contributed by atoms with van der Waals surface area (Å²) < 4.78 is 5.79. The van der Waals surface area contributed by atoms with Crippen LogP contribution in [-0.2, 0) is 22.5 Å². The molecular weight excluding hydrogens is 430 g/mol. The number of ether oxygens (including phenoxy) is 1. The molecule has 3 aromatic rings. The summed E-state index contributed by atoms with van der Waals surface area (Å²) in [5.41, 5.74) is 6.31. The van der Waals surface area contributed by atoms with Crippen molar-refractivity contribution in [3.05, 3.63) is 47.3 Å². The molecule has 1 amide bonds. The number of carbonyl (C=O) groups excluding carboxylic acids is 1. The van der Waals surface area contributed by atoms with Crippen molar-refractivity contribution >= 4 is 22.6 Å². The average molecular weight is 464 g/mol. The molecule has 8 nitrogen and oxygen atoms in total. The molecule has 34 heavy (non-hydrogen) atoms. The van der Waals surface area contributed by atoms with Crippen LogP contribution in [-0.4, -0.2) is 71.9 Å². The molecule has 1 saturated heterocycles. The van der Waals surface area contributed by atoms with Crippen molar-refractivity contribution < 1.29 is 14.6 Å². The highest BCUT2D eigenvalue weighted by Gasteiger charge is 2.33. The number of nitrogens with one attached hydrogen (secondary N) is 2. The third kappa shape index (κ3) is 4.17. The number of amides is 1. The lowest BCUT2D eigenvalue weighted by Gasteiger charge is -2.36. The molecule has 5 rings (SSSR count). The number of aromatic amines is 1. The fourth-order valence-corrected chi connectivity index (χ4v) is 5.02. The molecule has 0 saturated carbocycles. The lowest BCUT2D eigenvalue weighted by molar-refractivity contribution is -0.148. The van der Waals surface area contributed by atoms with E-state index in [-0.39, 0.29) is 11.9 Å². The Morgan fingerprint density at radius 3 is 2.79 bits per heavy atom. The molecule has 0 aliphatic carbocycles. The van der Waals surface area contributed by atoms with Gasteiger partial charge in [-0.2, -0.15) is 0 Å². The molecular formula is C26H33N5O3. The lowest BCUT2D eigenvalue weighted by atomic mass is 9.87. The SMILES string of the molecule is CN(C)c1c[nH]c2ncc(-c3cc4c(c([C@@H]5COCCN5)c3)CN(C(=O)C(C)(C)O)CC4)cc12. The van der Waals surface area contributed by atoms with E-state index in [4.69, 9.17) is 4.74 Å². The normalized spacial score (nSPS) is 18.7. The van der Waals surface area contributed by atoms with Gasteiger partial charge in [-0.1, -0.05) is 6.07 Å². The van der Waals surface area contributed by atoms with Crippen molar-refractivity contribution in [1.82, 2.24) is 20.2 Å². The first-order valence-corrected chi connectivity index (χ1v) is 11.9. The average Bonchev–Trinajstić information content (AvgIpc) is 3.26. The minimum atomic E-state index is -1.38. The van der Waals surface area contributed by atoms with Crippen LogP contribution in [0.4, 0.5) is 5.69 Å². The number of carbonyl (C=O) groups is 1. The Labute approximate surface area is 199 Å². The van der Waals surface area contributed by atoms with Crippen molar-refractivity contribution in [3.8, 4) is 11.1 Å². The van der Waals surface area contributed by atoms with E-state index in [9.17, 15) is 9.90 Å². The highest BCUT2D eigenvalue weighted by Crippen LogP contribution is 2.35. The highest BCUT2D eigenvalue weighted by molar-refractivity contribution is 5.93. The highest BCUT2D eigenvalue weighted by atomic mass is 16.5. The number of hydrogen-bond acceptors (Lipinski definition) is 6. The van der Waals surface area contributed by atoms with Gasteiger partial charge in [0.2, 0.25) is 0 Å². The van der Waals surface area contributed by atoms with Gasteiger partial charge in [0, 0.05) is 57.1 Å². The molecule has 2 aromatic heterocycles. The quantitative estimate of drug-likeness (QED) is 0.551. The van der Waals surface area contributed by atoms with Gasteiger partial charge < -0.3 is 29.9 Å². The first kappa shape index (κ1) is 22.8. The standard InChI is InChI=1S/C26H33N5O3/c1-26(2,33)25(32)31-7-5-16-9-17(10-19(21(16)14-31)22-15-34-8-6-27-22)18-11-20-23(30(3)4)13-29-24(20)28-12-18/h9-13,22,27,33H,5-8,14-15H2,1-4H3,(H,28,29)/t22-/m0/s1. The van der Waals surface area contributed by atoms with Crippen LogP contribution in [0.2, 0.25) is 0 Å². The van der Waals surface area contributed by atoms with E-state index in [0.29, 0.717) is 26.3 Å². The second-order valence-electron chi connectivity index (χ2n) is 10.0. The second-order valence-corrected chi connectivity index (χ2v) is 10.0. The zero-order valence-corrected chi connectivity index (χ0v) is 20.3. The van der Waals surface area contributed by atoms with E-state index in [1.54, 1.807) is 18.7 Å². The third-order valence-electron chi connectivity index (χ3n) is 6.81. The number of nitrogens with zero attached hydrogens (tertiary/aromatic N) is 3. The molecule has 1 atom stereocenters. The smallest absolute Gasteiger partial charge is 0.254 e. The number of fused-ring (bicyclic) bond motifs is 2. The molecule has 2 aliphatic heterocycles. The zero-order chi connectivity index (χ0) is 24.0. The minimum absolute atomic E-state index is 0.0564. The van der Waals surface area contributed by atoms with Gasteiger partial charge in [0.15, 0.2) is 0 Å². The molecule has 0 spiro atoms. The maximum Gasteiger partial charge on any atom is 0.254 e. The van der Waals surface area contributed by atoms with Crippen LogP contribution in [0.15, 0.2) is 30.6 Å². The Morgan fingerprint density at radius 2 is 2.09 bits per heavy atom. The van der Waals surface area contributed by atoms with Crippen molar-refractivity contribution in [1.29, 1.82) is 0 Å². The molecule has 0 bridgehead atoms. The fraction of sp³-hybridized carbons (Fsp3) is 0.462. The van der Waals surface area contributed by atoms with E-state index in [0.717, 1.165) is 51.9 Å². The Balaban J connectivity index is 1.59. The Bertz CT molecular complexity index is 1220. The maximum atomic E-state index is 12.8. The number of morpholine rings is 1. The van der Waals surface area contributed by atoms with E-state index in [1.165, 1.54) is 5.56 Å². The number of H-pyrrole nitrogens is 1. The van der Waals surface area contributed by atoms with Crippen molar-refractivity contribution in [2.24, 2.45) is 0 Å². The summed E-state index contributed by atoms with van der Waals surface area (Å²) in [6, 6.07) is 6.70. The predicted octanol–water partition coefficient (Wildman–Crippen LogP) is 2.61. The molecule has 8 heteroatoms. The predicted molar refractivity (Wildman–Crippen MR) is 133 cm³/mol. The summed E-state index contributed by atoms with van der Waals surface area (Å²) in [6.45, 7) is 6.27. The largest absolute Gasteiger partial charge is 0.381 e. The molecule has 2 aliphatic rings. The van der Waals surface area contributed by atoms with E-state index < -0.39 is 5.60 Å². The molecule has 1 fully saturated rings. The monoisotopic (exact) mass is 463 g/mol. The number of benzene rings is 1. The molecule has 3 N–H and O–H groups in total.